The molecule has 114 valence electrons. The largest absolute Gasteiger partial charge is 0.291 e. The molecular formula is C12H15F2N5O2. The van der Waals surface area contributed by atoms with Gasteiger partial charge in [-0.3, -0.25) is 25.1 Å². The summed E-state index contributed by atoms with van der Waals surface area (Å²) in [4.78, 5) is 23.6. The zero-order valence-corrected chi connectivity index (χ0v) is 11.3. The summed E-state index contributed by atoms with van der Waals surface area (Å²) in [6, 6.07) is 0. The number of hydrogen-bond donors (Lipinski definition) is 2. The zero-order chi connectivity index (χ0) is 15.2. The molecule has 0 bridgehead atoms. The van der Waals surface area contributed by atoms with Gasteiger partial charge in [-0.25, -0.2) is 8.78 Å². The van der Waals surface area contributed by atoms with Crippen LogP contribution in [0.25, 0.3) is 0 Å². The molecule has 2 fully saturated rings. The van der Waals surface area contributed by atoms with Crippen molar-refractivity contribution < 1.29 is 18.4 Å². The normalized spacial score (nSPS) is 29.4. The molecule has 1 aromatic rings. The number of aromatic nitrogens is 3. The molecule has 0 aromatic carbocycles. The van der Waals surface area contributed by atoms with E-state index >= 15 is 0 Å². The van der Waals surface area contributed by atoms with Gasteiger partial charge in [-0.1, -0.05) is 5.21 Å². The predicted molar refractivity (Wildman–Crippen MR) is 65.9 cm³/mol. The second kappa shape index (κ2) is 4.74. The third-order valence-corrected chi connectivity index (χ3v) is 4.24. The molecule has 2 N–H and O–H groups in total. The van der Waals surface area contributed by atoms with Crippen LogP contribution in [0.5, 0.6) is 0 Å². The highest BCUT2D eigenvalue weighted by Gasteiger charge is 2.69. The molecule has 0 unspecified atom stereocenters. The Kier molecular flexibility index (Phi) is 3.14. The van der Waals surface area contributed by atoms with Crippen molar-refractivity contribution in [3.05, 3.63) is 11.9 Å². The lowest BCUT2D eigenvalue weighted by Crippen LogP contribution is -2.45. The van der Waals surface area contributed by atoms with Crippen LogP contribution >= 0.6 is 0 Å². The average Bonchev–Trinajstić information content (AvgIpc) is 2.81. The molecule has 0 spiro atoms. The monoisotopic (exact) mass is 299 g/mol. The van der Waals surface area contributed by atoms with Crippen molar-refractivity contribution in [3.8, 4) is 0 Å². The van der Waals surface area contributed by atoms with Gasteiger partial charge in [-0.15, -0.1) is 5.10 Å². The molecule has 0 saturated heterocycles. The maximum atomic E-state index is 13.3. The zero-order valence-electron chi connectivity index (χ0n) is 11.3. The van der Waals surface area contributed by atoms with E-state index in [1.807, 2.05) is 0 Å². The summed E-state index contributed by atoms with van der Waals surface area (Å²) in [5.41, 5.74) is 4.55. The van der Waals surface area contributed by atoms with E-state index in [0.717, 1.165) is 0 Å². The van der Waals surface area contributed by atoms with E-state index < -0.39 is 35.5 Å². The third kappa shape index (κ3) is 2.47. The molecule has 2 aliphatic rings. The minimum Gasteiger partial charge on any atom is -0.273 e. The lowest BCUT2D eigenvalue weighted by molar-refractivity contribution is -0.126. The number of nitrogens with one attached hydrogen (secondary N) is 2. The number of nitrogens with zero attached hydrogens (tertiary/aromatic N) is 3. The number of carbonyl (C=O) groups excluding carboxylic acids is 2. The number of amides is 2. The van der Waals surface area contributed by atoms with Crippen LogP contribution in [0.2, 0.25) is 0 Å². The summed E-state index contributed by atoms with van der Waals surface area (Å²) in [6.45, 7) is 0. The van der Waals surface area contributed by atoms with Crippen LogP contribution in [0.1, 0.15) is 29.8 Å². The van der Waals surface area contributed by atoms with E-state index in [9.17, 15) is 18.4 Å². The first-order valence-corrected chi connectivity index (χ1v) is 6.74. The lowest BCUT2D eigenvalue weighted by Gasteiger charge is -2.19. The standard InChI is InChI=1S/C12H15F2N5O2/c1-19-5-9(15-18-19)11(21)17-16-10(20)6-2-3-7-8(4-6)12(7,13)14/h5-8H,2-4H2,1H3,(H,16,20)(H,17,21)/t6-,7+,8-/m1/s1. The first-order chi connectivity index (χ1) is 9.89. The number of alkyl halides is 2. The van der Waals surface area contributed by atoms with Gasteiger partial charge in [0.25, 0.3) is 11.8 Å². The van der Waals surface area contributed by atoms with E-state index in [-0.39, 0.29) is 12.1 Å². The SMILES string of the molecule is Cn1cc(C(=O)NNC(=O)[C@@H]2CC[C@H]3[C@@H](C2)C3(F)F)nn1. The van der Waals surface area contributed by atoms with Crippen molar-refractivity contribution in [1.82, 2.24) is 25.8 Å². The molecule has 7 nitrogen and oxygen atoms in total. The van der Waals surface area contributed by atoms with Crippen LogP contribution in [0.4, 0.5) is 8.78 Å². The van der Waals surface area contributed by atoms with E-state index in [4.69, 9.17) is 0 Å². The summed E-state index contributed by atoms with van der Waals surface area (Å²) in [6.07, 6.45) is 2.35. The third-order valence-electron chi connectivity index (χ3n) is 4.24. The molecular weight excluding hydrogens is 284 g/mol. The summed E-state index contributed by atoms with van der Waals surface area (Å²) < 4.78 is 27.9. The molecule has 3 rings (SSSR count). The first kappa shape index (κ1) is 13.9. The van der Waals surface area contributed by atoms with E-state index in [2.05, 4.69) is 21.2 Å². The topological polar surface area (TPSA) is 88.9 Å². The number of hydrogen-bond acceptors (Lipinski definition) is 4. The Labute approximate surface area is 119 Å². The van der Waals surface area contributed by atoms with E-state index in [1.165, 1.54) is 10.9 Å². The van der Waals surface area contributed by atoms with Crippen LogP contribution in [-0.2, 0) is 11.8 Å². The first-order valence-electron chi connectivity index (χ1n) is 6.74. The Morgan fingerprint density at radius 3 is 2.71 bits per heavy atom. The van der Waals surface area contributed by atoms with Gasteiger partial charge in [-0.2, -0.15) is 0 Å². The van der Waals surface area contributed by atoms with Crippen LogP contribution < -0.4 is 10.9 Å². The quantitative estimate of drug-likeness (QED) is 0.767. The number of halogens is 2. The molecule has 0 radical (unpaired) electrons. The highest BCUT2D eigenvalue weighted by molar-refractivity contribution is 5.93. The van der Waals surface area contributed by atoms with Gasteiger partial charge in [-0.05, 0) is 19.3 Å². The molecule has 2 amide bonds. The second-order valence-corrected chi connectivity index (χ2v) is 5.62. The molecule has 0 aliphatic heterocycles. The number of carbonyl (C=O) groups is 2. The molecule has 3 atom stereocenters. The Morgan fingerprint density at radius 1 is 1.33 bits per heavy atom. The van der Waals surface area contributed by atoms with Gasteiger partial charge >= 0.3 is 0 Å². The summed E-state index contributed by atoms with van der Waals surface area (Å²) in [5, 5.41) is 7.19. The van der Waals surface area contributed by atoms with Crippen molar-refractivity contribution in [2.75, 3.05) is 0 Å². The fourth-order valence-corrected chi connectivity index (χ4v) is 2.95. The van der Waals surface area contributed by atoms with Gasteiger partial charge in [0.1, 0.15) is 0 Å². The summed E-state index contributed by atoms with van der Waals surface area (Å²) in [7, 11) is 1.61. The van der Waals surface area contributed by atoms with Crippen LogP contribution in [-0.4, -0.2) is 32.7 Å². The number of fused-ring (bicyclic) bond motifs is 1. The van der Waals surface area contributed by atoms with Gasteiger partial charge in [0.2, 0.25) is 5.91 Å². The lowest BCUT2D eigenvalue weighted by atomic mass is 9.89. The Balaban J connectivity index is 1.50. The molecule has 21 heavy (non-hydrogen) atoms. The van der Waals surface area contributed by atoms with Crippen molar-refractivity contribution in [2.45, 2.75) is 25.2 Å². The molecule has 2 saturated carbocycles. The van der Waals surface area contributed by atoms with Gasteiger partial charge in [0.05, 0.1) is 6.20 Å². The summed E-state index contributed by atoms with van der Waals surface area (Å²) in [5.74, 6) is -5.37. The van der Waals surface area contributed by atoms with E-state index in [1.54, 1.807) is 7.05 Å². The van der Waals surface area contributed by atoms with Crippen LogP contribution in [0.3, 0.4) is 0 Å². The van der Waals surface area contributed by atoms with Crippen molar-refractivity contribution in [3.63, 3.8) is 0 Å². The van der Waals surface area contributed by atoms with E-state index in [0.29, 0.717) is 12.8 Å². The van der Waals surface area contributed by atoms with Gasteiger partial charge < -0.3 is 0 Å². The van der Waals surface area contributed by atoms with Gasteiger partial charge in [0.15, 0.2) is 5.69 Å². The van der Waals surface area contributed by atoms with Crippen molar-refractivity contribution >= 4 is 11.8 Å². The second-order valence-electron chi connectivity index (χ2n) is 5.62. The number of hydrazine groups is 1. The fourth-order valence-electron chi connectivity index (χ4n) is 2.95. The Hall–Kier alpha value is -2.06. The molecule has 1 aromatic heterocycles. The maximum absolute atomic E-state index is 13.3. The van der Waals surface area contributed by atoms with Crippen molar-refractivity contribution in [1.29, 1.82) is 0 Å². The highest BCUT2D eigenvalue weighted by Crippen LogP contribution is 2.63. The molecule has 9 heteroatoms. The van der Waals surface area contributed by atoms with Gasteiger partial charge in [0, 0.05) is 24.8 Å². The molecule has 2 aliphatic carbocycles. The average molecular weight is 299 g/mol. The summed E-state index contributed by atoms with van der Waals surface area (Å²) >= 11 is 0. The number of rotatable bonds is 2. The maximum Gasteiger partial charge on any atom is 0.291 e. The predicted octanol–water partition coefficient (Wildman–Crippen LogP) is 0.257. The molecule has 1 heterocycles. The van der Waals surface area contributed by atoms with Crippen LogP contribution in [0.15, 0.2) is 6.20 Å². The highest BCUT2D eigenvalue weighted by atomic mass is 19.3. The Morgan fingerprint density at radius 2 is 2.10 bits per heavy atom. The minimum absolute atomic E-state index is 0.0650. The number of aryl methyl sites for hydroxylation is 1. The Bertz CT molecular complexity index is 588. The fraction of sp³-hybridized carbons (Fsp3) is 0.667. The van der Waals surface area contributed by atoms with Crippen molar-refractivity contribution in [2.24, 2.45) is 24.8 Å². The minimum atomic E-state index is -2.61. The van der Waals surface area contributed by atoms with Crippen LogP contribution in [0, 0.1) is 17.8 Å². The smallest absolute Gasteiger partial charge is 0.273 e.